The van der Waals surface area contributed by atoms with Crippen LogP contribution in [0.3, 0.4) is 0 Å². The summed E-state index contributed by atoms with van der Waals surface area (Å²) in [6.07, 6.45) is 0. The lowest BCUT2D eigenvalue weighted by molar-refractivity contribution is 0.663. The number of furan rings is 2. The van der Waals surface area contributed by atoms with Crippen molar-refractivity contribution >= 4 is 143 Å². The molecule has 0 atom stereocenters. The fraction of sp³-hybridized carbons (Fsp3) is 0.0312. The molecule has 0 saturated carbocycles. The molecule has 0 spiro atoms. The van der Waals surface area contributed by atoms with Crippen molar-refractivity contribution in [2.75, 3.05) is 9.80 Å². The Hall–Kier alpha value is -9.26. The van der Waals surface area contributed by atoms with Crippen molar-refractivity contribution in [2.45, 2.75) is 0 Å². The Balaban J connectivity index is 0.981. The third kappa shape index (κ3) is 5.44. The topological polar surface area (TPSA) is 42.6 Å². The second-order valence-corrected chi connectivity index (χ2v) is 18.5. The highest BCUT2D eigenvalue weighted by atomic mass is 16.3. The van der Waals surface area contributed by atoms with Crippen LogP contribution in [0.4, 0.5) is 34.1 Å². The van der Waals surface area contributed by atoms with Crippen LogP contribution >= 0.6 is 0 Å². The summed E-state index contributed by atoms with van der Waals surface area (Å²) in [7, 11) is 4.30. The van der Waals surface area contributed by atoms with Gasteiger partial charge in [0.2, 0.25) is 0 Å². The van der Waals surface area contributed by atoms with Gasteiger partial charge in [0, 0.05) is 125 Å². The van der Waals surface area contributed by atoms with Crippen LogP contribution in [0.15, 0.2) is 227 Å². The zero-order valence-corrected chi connectivity index (χ0v) is 38.4. The van der Waals surface area contributed by atoms with Crippen LogP contribution in [0.2, 0.25) is 0 Å². The lowest BCUT2D eigenvalue weighted by Crippen LogP contribution is -2.10. The van der Waals surface area contributed by atoms with Crippen molar-refractivity contribution in [3.8, 4) is 0 Å². The summed E-state index contributed by atoms with van der Waals surface area (Å²) in [6.45, 7) is 0. The van der Waals surface area contributed by atoms with Crippen molar-refractivity contribution < 1.29 is 8.83 Å². The van der Waals surface area contributed by atoms with E-state index >= 15 is 0 Å². The largest absolute Gasteiger partial charge is 0.456 e. The van der Waals surface area contributed by atoms with E-state index in [4.69, 9.17) is 8.83 Å². The minimum atomic E-state index is 0.817. The molecule has 4 aromatic heterocycles. The molecule has 0 N–H and O–H groups in total. The van der Waals surface area contributed by atoms with E-state index in [1.807, 2.05) is 0 Å². The van der Waals surface area contributed by atoms with Gasteiger partial charge >= 0.3 is 0 Å². The van der Waals surface area contributed by atoms with E-state index in [0.717, 1.165) is 99.5 Å². The molecule has 0 amide bonds. The molecule has 330 valence electrons. The molecular weight excluding hydrogens is 857 g/mol. The molecule has 0 aliphatic carbocycles. The van der Waals surface area contributed by atoms with Gasteiger partial charge in [0.05, 0.1) is 11.4 Å². The molecular formula is C64H42N4O2. The van der Waals surface area contributed by atoms with E-state index in [9.17, 15) is 0 Å². The van der Waals surface area contributed by atoms with Crippen molar-refractivity contribution in [1.29, 1.82) is 0 Å². The lowest BCUT2D eigenvalue weighted by Gasteiger charge is -2.27. The molecule has 0 radical (unpaired) electrons. The predicted molar refractivity (Wildman–Crippen MR) is 293 cm³/mol. The summed E-state index contributed by atoms with van der Waals surface area (Å²) in [5, 5.41) is 13.6. The van der Waals surface area contributed by atoms with E-state index in [2.05, 4.69) is 251 Å². The molecule has 15 rings (SSSR count). The quantitative estimate of drug-likeness (QED) is 0.167. The minimum absolute atomic E-state index is 0.817. The van der Waals surface area contributed by atoms with E-state index in [0.29, 0.717) is 0 Å². The molecule has 0 aliphatic rings. The van der Waals surface area contributed by atoms with Gasteiger partial charge in [-0.25, -0.2) is 0 Å². The number of hydrogen-bond acceptors (Lipinski definition) is 4. The van der Waals surface area contributed by atoms with Crippen LogP contribution in [0.1, 0.15) is 0 Å². The normalized spacial score (nSPS) is 12.1. The smallest absolute Gasteiger partial charge is 0.138 e. The van der Waals surface area contributed by atoms with Gasteiger partial charge < -0.3 is 27.8 Å². The molecule has 0 aliphatic heterocycles. The zero-order chi connectivity index (χ0) is 46.2. The molecule has 6 heteroatoms. The molecule has 11 aromatic carbocycles. The molecule has 15 aromatic rings. The lowest BCUT2D eigenvalue weighted by atomic mass is 9.96. The third-order valence-corrected chi connectivity index (χ3v) is 14.9. The van der Waals surface area contributed by atoms with E-state index in [1.165, 1.54) is 43.6 Å². The first-order valence-corrected chi connectivity index (χ1v) is 23.9. The van der Waals surface area contributed by atoms with Gasteiger partial charge in [0.1, 0.15) is 22.3 Å². The maximum absolute atomic E-state index is 7.06. The Labute approximate surface area is 401 Å². The van der Waals surface area contributed by atoms with Gasteiger partial charge in [0.25, 0.3) is 0 Å². The molecule has 0 fully saturated rings. The van der Waals surface area contributed by atoms with E-state index < -0.39 is 0 Å². The average molecular weight is 899 g/mol. The number of fused-ring (bicyclic) bond motifs is 17. The van der Waals surface area contributed by atoms with Crippen molar-refractivity contribution in [2.24, 2.45) is 14.1 Å². The fourth-order valence-electron chi connectivity index (χ4n) is 11.8. The first kappa shape index (κ1) is 38.8. The minimum Gasteiger partial charge on any atom is -0.456 e. The molecule has 0 saturated heterocycles. The van der Waals surface area contributed by atoms with Crippen molar-refractivity contribution in [3.05, 3.63) is 218 Å². The first-order valence-electron chi connectivity index (χ1n) is 23.9. The molecule has 70 heavy (non-hydrogen) atoms. The average Bonchev–Trinajstić information content (AvgIpc) is 4.15. The number of anilines is 6. The second kappa shape index (κ2) is 14.6. The maximum Gasteiger partial charge on any atom is 0.138 e. The Morgan fingerprint density at radius 1 is 0.271 bits per heavy atom. The monoisotopic (exact) mass is 898 g/mol. The Bertz CT molecular complexity index is 4340. The summed E-state index contributed by atoms with van der Waals surface area (Å²) in [5.41, 5.74) is 14.4. The summed E-state index contributed by atoms with van der Waals surface area (Å²) < 4.78 is 18.7. The molecule has 4 heterocycles. The van der Waals surface area contributed by atoms with Gasteiger partial charge in [-0.05, 0) is 95.7 Å². The standard InChI is InChI=1S/C64H42N4O2/c1-65-51-27-15-13-23-45(51)49-35-41(29-31-53(49)65)67(39-17-5-3-6-18-39)55-37-59-61(47-25-11-9-21-43(47)55)63-57(69-59)33-34-58-64(63)62-48-26-12-10-22-44(48)56(38-60(62)70-58)68(40-19-7-4-8-20-40)42-30-32-54-50(36-42)46-24-14-16-28-52(46)66(54)2/h3-38H,1-2H3. The predicted octanol–water partition coefficient (Wildman–Crippen LogP) is 18.0. The number of rotatable bonds is 6. The summed E-state index contributed by atoms with van der Waals surface area (Å²) in [6, 6.07) is 78.5. The zero-order valence-electron chi connectivity index (χ0n) is 38.4. The summed E-state index contributed by atoms with van der Waals surface area (Å²) in [4.78, 5) is 4.76. The number of benzene rings is 11. The van der Waals surface area contributed by atoms with Crippen LogP contribution in [0.25, 0.3) is 109 Å². The molecule has 0 bridgehead atoms. The Morgan fingerprint density at radius 2 is 0.629 bits per heavy atom. The van der Waals surface area contributed by atoms with Gasteiger partial charge in [-0.1, -0.05) is 121 Å². The van der Waals surface area contributed by atoms with Crippen LogP contribution in [-0.2, 0) is 14.1 Å². The number of hydrogen-bond donors (Lipinski definition) is 0. The summed E-state index contributed by atoms with van der Waals surface area (Å²) >= 11 is 0. The Kier molecular flexibility index (Phi) is 8.10. The van der Waals surface area contributed by atoms with Gasteiger partial charge in [-0.2, -0.15) is 0 Å². The first-order chi connectivity index (χ1) is 34.6. The van der Waals surface area contributed by atoms with Gasteiger partial charge in [-0.3, -0.25) is 0 Å². The number of aromatic nitrogens is 2. The molecule has 6 nitrogen and oxygen atoms in total. The molecule has 0 unspecified atom stereocenters. The van der Waals surface area contributed by atoms with E-state index in [-0.39, 0.29) is 0 Å². The second-order valence-electron chi connectivity index (χ2n) is 18.5. The van der Waals surface area contributed by atoms with Crippen LogP contribution < -0.4 is 9.80 Å². The van der Waals surface area contributed by atoms with Crippen LogP contribution in [-0.4, -0.2) is 9.13 Å². The highest BCUT2D eigenvalue weighted by Crippen LogP contribution is 2.51. The highest BCUT2D eigenvalue weighted by Gasteiger charge is 2.26. The summed E-state index contributed by atoms with van der Waals surface area (Å²) in [5.74, 6) is 0. The van der Waals surface area contributed by atoms with E-state index in [1.54, 1.807) is 0 Å². The van der Waals surface area contributed by atoms with Crippen molar-refractivity contribution in [3.63, 3.8) is 0 Å². The van der Waals surface area contributed by atoms with Crippen molar-refractivity contribution in [1.82, 2.24) is 9.13 Å². The maximum atomic E-state index is 7.06. The fourth-order valence-corrected chi connectivity index (χ4v) is 11.8. The van der Waals surface area contributed by atoms with Crippen LogP contribution in [0.5, 0.6) is 0 Å². The SMILES string of the molecule is Cn1c2ccccc2c2cc(N(c3ccccc3)c3cc4oc5ccc6oc7cc(N(c8ccccc8)c8ccc9c(c8)c8ccccc8n9C)c8ccccc8c7c6c5c4c4ccccc34)ccc21. The van der Waals surface area contributed by atoms with Crippen LogP contribution in [0, 0.1) is 0 Å². The third-order valence-electron chi connectivity index (χ3n) is 14.9. The number of aryl methyl sites for hydroxylation is 2. The number of nitrogens with zero attached hydrogens (tertiary/aromatic N) is 4. The van der Waals surface area contributed by atoms with Gasteiger partial charge in [0.15, 0.2) is 0 Å². The Morgan fingerprint density at radius 3 is 1.06 bits per heavy atom. The van der Waals surface area contributed by atoms with Gasteiger partial charge in [-0.15, -0.1) is 0 Å². The number of para-hydroxylation sites is 4. The highest BCUT2D eigenvalue weighted by molar-refractivity contribution is 6.35.